The second kappa shape index (κ2) is 7.17. The number of aldehydes is 1. The Morgan fingerprint density at radius 3 is 2.76 bits per heavy atom. The van der Waals surface area contributed by atoms with E-state index in [4.69, 9.17) is 9.47 Å². The molecule has 2 saturated carbocycles. The molecule has 1 saturated heterocycles. The summed E-state index contributed by atoms with van der Waals surface area (Å²) in [6, 6.07) is 0. The number of carbonyl (C=O) groups is 4. The zero-order valence-corrected chi connectivity index (χ0v) is 18.7. The van der Waals surface area contributed by atoms with E-state index in [0.29, 0.717) is 19.3 Å². The molecule has 3 aliphatic carbocycles. The van der Waals surface area contributed by atoms with Crippen molar-refractivity contribution in [1.82, 2.24) is 9.97 Å². The second-order valence-electron chi connectivity index (χ2n) is 10.3. The van der Waals surface area contributed by atoms with E-state index in [0.717, 1.165) is 6.29 Å². The molecule has 8 nitrogen and oxygen atoms in total. The fraction of sp³-hybridized carbons (Fsp3) is 0.520. The third-order valence-corrected chi connectivity index (χ3v) is 8.32. The first-order valence-corrected chi connectivity index (χ1v) is 11.2. The number of fused-ring (bicyclic) bond motifs is 2. The standard InChI is InChI=1S/C25H26N2O6/c1-14-15-5-6-17-24(8-4-7-23(2,3)18(24)12-28)13-32-22(31)25(17,19(14)29)20(15)33-21(30)16-11-26-9-10-27-16/h4,8-12,15,17-18,20H,1,5-7,13H2,2-3H3/t15-,17-,18+,20+,24+,25-/m0/s1. The van der Waals surface area contributed by atoms with Crippen molar-refractivity contribution in [2.45, 2.75) is 39.2 Å². The van der Waals surface area contributed by atoms with Crippen molar-refractivity contribution in [2.75, 3.05) is 6.61 Å². The van der Waals surface area contributed by atoms with Gasteiger partial charge in [0.25, 0.3) is 0 Å². The molecule has 0 N–H and O–H groups in total. The van der Waals surface area contributed by atoms with Crippen LogP contribution >= 0.6 is 0 Å². The summed E-state index contributed by atoms with van der Waals surface area (Å²) in [7, 11) is 0. The third kappa shape index (κ3) is 2.69. The molecular formula is C25H26N2O6. The first-order valence-electron chi connectivity index (χ1n) is 11.2. The Hall–Kier alpha value is -3.16. The molecule has 8 heteroatoms. The number of nitrogens with zero attached hydrogens (tertiary/aromatic N) is 2. The molecule has 2 bridgehead atoms. The van der Waals surface area contributed by atoms with Gasteiger partial charge in [0.1, 0.15) is 19.0 Å². The Morgan fingerprint density at radius 2 is 2.06 bits per heavy atom. The van der Waals surface area contributed by atoms with E-state index in [1.54, 1.807) is 0 Å². The number of hydrogen-bond acceptors (Lipinski definition) is 8. The lowest BCUT2D eigenvalue weighted by Gasteiger charge is -2.58. The third-order valence-electron chi connectivity index (χ3n) is 8.32. The van der Waals surface area contributed by atoms with Crippen molar-refractivity contribution in [1.29, 1.82) is 0 Å². The van der Waals surface area contributed by atoms with Crippen molar-refractivity contribution < 1.29 is 28.7 Å². The van der Waals surface area contributed by atoms with Crippen molar-refractivity contribution in [3.8, 4) is 0 Å². The zero-order chi connectivity index (χ0) is 23.6. The lowest BCUT2D eigenvalue weighted by atomic mass is 9.46. The fourth-order valence-electron chi connectivity index (χ4n) is 6.85. The van der Waals surface area contributed by atoms with Gasteiger partial charge in [-0.1, -0.05) is 32.6 Å². The number of aromatic nitrogens is 2. The summed E-state index contributed by atoms with van der Waals surface area (Å²) in [5.74, 6) is -3.44. The monoisotopic (exact) mass is 450 g/mol. The molecule has 2 spiro atoms. The molecule has 3 fully saturated rings. The molecule has 0 radical (unpaired) electrons. The molecular weight excluding hydrogens is 424 g/mol. The molecule has 172 valence electrons. The highest BCUT2D eigenvalue weighted by molar-refractivity contribution is 6.16. The average molecular weight is 450 g/mol. The van der Waals surface area contributed by atoms with Crippen LogP contribution < -0.4 is 0 Å². The van der Waals surface area contributed by atoms with Crippen LogP contribution in [0.2, 0.25) is 0 Å². The summed E-state index contributed by atoms with van der Waals surface area (Å²) < 4.78 is 11.5. The van der Waals surface area contributed by atoms with E-state index in [1.165, 1.54) is 18.6 Å². The van der Waals surface area contributed by atoms with Crippen LogP contribution in [0.1, 0.15) is 43.6 Å². The first-order chi connectivity index (χ1) is 15.7. The number of esters is 2. The molecule has 1 aliphatic heterocycles. The van der Waals surface area contributed by atoms with Gasteiger partial charge in [-0.05, 0) is 36.2 Å². The first kappa shape index (κ1) is 21.7. The number of carbonyl (C=O) groups excluding carboxylic acids is 4. The molecule has 0 unspecified atom stereocenters. The zero-order valence-electron chi connectivity index (χ0n) is 18.7. The van der Waals surface area contributed by atoms with Gasteiger partial charge in [-0.25, -0.2) is 9.78 Å². The SMILES string of the molecule is C=C1C(=O)[C@@]23C(=O)OC[C@]4(C=CCC(C)(C)[C@H]4C=O)[C@@H]2CC[C@@H]1[C@H]3OC(=O)c1cnccn1. The lowest BCUT2D eigenvalue weighted by molar-refractivity contribution is -0.211. The van der Waals surface area contributed by atoms with Crippen LogP contribution in [-0.4, -0.2) is 46.7 Å². The van der Waals surface area contributed by atoms with Crippen LogP contribution in [0.5, 0.6) is 0 Å². The Balaban J connectivity index is 1.65. The molecule has 2 heterocycles. The predicted octanol–water partition coefficient (Wildman–Crippen LogP) is 2.50. The van der Waals surface area contributed by atoms with Gasteiger partial charge in [0, 0.05) is 29.6 Å². The largest absolute Gasteiger partial charge is 0.464 e. The number of Topliss-reactive ketones (excluding diaryl/α,β-unsaturated/α-hetero) is 1. The molecule has 1 aromatic rings. The molecule has 4 aliphatic rings. The highest BCUT2D eigenvalue weighted by atomic mass is 16.6. The fourth-order valence-corrected chi connectivity index (χ4v) is 6.85. The van der Waals surface area contributed by atoms with Crippen LogP contribution in [0.25, 0.3) is 0 Å². The van der Waals surface area contributed by atoms with Gasteiger partial charge in [0.2, 0.25) is 0 Å². The van der Waals surface area contributed by atoms with Gasteiger partial charge in [0.15, 0.2) is 16.9 Å². The summed E-state index contributed by atoms with van der Waals surface area (Å²) in [5, 5.41) is 0. The number of hydrogen-bond donors (Lipinski definition) is 0. The molecule has 0 aromatic carbocycles. The summed E-state index contributed by atoms with van der Waals surface area (Å²) in [4.78, 5) is 60.4. The van der Waals surface area contributed by atoms with E-state index in [1.807, 2.05) is 26.0 Å². The maximum Gasteiger partial charge on any atom is 0.358 e. The van der Waals surface area contributed by atoms with Crippen LogP contribution in [0, 0.1) is 34.0 Å². The number of cyclic esters (lactones) is 1. The van der Waals surface area contributed by atoms with Gasteiger partial charge in [-0.2, -0.15) is 0 Å². The lowest BCUT2D eigenvalue weighted by Crippen LogP contribution is -2.67. The highest BCUT2D eigenvalue weighted by Gasteiger charge is 2.76. The van der Waals surface area contributed by atoms with Crippen LogP contribution in [0.3, 0.4) is 0 Å². The topological polar surface area (TPSA) is 113 Å². The van der Waals surface area contributed by atoms with Crippen LogP contribution in [-0.2, 0) is 23.9 Å². The van der Waals surface area contributed by atoms with Gasteiger partial charge in [-0.15, -0.1) is 0 Å². The van der Waals surface area contributed by atoms with Crippen LogP contribution in [0.4, 0.5) is 0 Å². The van der Waals surface area contributed by atoms with Gasteiger partial charge in [-0.3, -0.25) is 14.6 Å². The van der Waals surface area contributed by atoms with Gasteiger partial charge >= 0.3 is 11.9 Å². The van der Waals surface area contributed by atoms with E-state index in [2.05, 4.69) is 16.5 Å². The summed E-state index contributed by atoms with van der Waals surface area (Å²) in [5.41, 5.74) is -2.72. The number of ether oxygens (including phenoxy) is 2. The van der Waals surface area contributed by atoms with Crippen molar-refractivity contribution in [3.63, 3.8) is 0 Å². The van der Waals surface area contributed by atoms with E-state index >= 15 is 0 Å². The normalized spacial score (nSPS) is 38.5. The minimum absolute atomic E-state index is 0.0108. The number of allylic oxidation sites excluding steroid dienone is 1. The summed E-state index contributed by atoms with van der Waals surface area (Å²) in [6.45, 7) is 7.99. The van der Waals surface area contributed by atoms with Gasteiger partial charge < -0.3 is 14.3 Å². The average Bonchev–Trinajstić information content (AvgIpc) is 2.91. The summed E-state index contributed by atoms with van der Waals surface area (Å²) in [6.07, 6.45) is 9.62. The smallest absolute Gasteiger partial charge is 0.358 e. The maximum absolute atomic E-state index is 13.7. The minimum Gasteiger partial charge on any atom is -0.464 e. The second-order valence-corrected chi connectivity index (χ2v) is 10.3. The van der Waals surface area contributed by atoms with E-state index < -0.39 is 52.4 Å². The van der Waals surface area contributed by atoms with Crippen molar-refractivity contribution in [3.05, 3.63) is 48.6 Å². The molecule has 1 aromatic heterocycles. The maximum atomic E-state index is 13.7. The van der Waals surface area contributed by atoms with E-state index in [9.17, 15) is 19.2 Å². The molecule has 5 rings (SSSR count). The Bertz CT molecular complexity index is 1100. The number of rotatable bonds is 3. The minimum atomic E-state index is -1.73. The van der Waals surface area contributed by atoms with Crippen LogP contribution in [0.15, 0.2) is 42.9 Å². The Labute approximate surface area is 191 Å². The Morgan fingerprint density at radius 1 is 1.27 bits per heavy atom. The predicted molar refractivity (Wildman–Crippen MR) is 115 cm³/mol. The van der Waals surface area contributed by atoms with Crippen molar-refractivity contribution >= 4 is 24.0 Å². The molecule has 6 atom stereocenters. The quantitative estimate of drug-likeness (QED) is 0.227. The molecule has 33 heavy (non-hydrogen) atoms. The van der Waals surface area contributed by atoms with Gasteiger partial charge in [0.05, 0.1) is 6.20 Å². The molecule has 0 amide bonds. The number of ketones is 1. The Kier molecular flexibility index (Phi) is 4.71. The highest BCUT2D eigenvalue weighted by Crippen LogP contribution is 2.67. The van der Waals surface area contributed by atoms with Crippen molar-refractivity contribution in [2.24, 2.45) is 34.0 Å². The summed E-state index contributed by atoms with van der Waals surface area (Å²) >= 11 is 0. The van der Waals surface area contributed by atoms with E-state index in [-0.39, 0.29) is 23.3 Å².